The Morgan fingerprint density at radius 1 is 1.15 bits per heavy atom. The number of fused-ring (bicyclic) bond motifs is 3. The van der Waals surface area contributed by atoms with E-state index in [9.17, 15) is 24.9 Å². The molecule has 216 valence electrons. The summed E-state index contributed by atoms with van der Waals surface area (Å²) in [4.78, 5) is 26.6. The minimum atomic E-state index is -2.25. The van der Waals surface area contributed by atoms with Gasteiger partial charge in [0.2, 0.25) is 0 Å². The molecule has 9 nitrogen and oxygen atoms in total. The monoisotopic (exact) mass is 546 g/mol. The molecule has 3 aliphatic rings. The van der Waals surface area contributed by atoms with Crippen molar-refractivity contribution in [1.82, 2.24) is 0 Å². The number of hydrogen-bond donors (Lipinski definition) is 3. The summed E-state index contributed by atoms with van der Waals surface area (Å²) in [5.74, 6) is -0.978. The van der Waals surface area contributed by atoms with Gasteiger partial charge in [0.15, 0.2) is 11.4 Å². The highest BCUT2D eigenvalue weighted by Gasteiger charge is 2.79. The van der Waals surface area contributed by atoms with E-state index >= 15 is 0 Å². The Kier molecular flexibility index (Phi) is 7.58. The molecule has 2 aliphatic carbocycles. The number of hydrogen-bond acceptors (Lipinski definition) is 9. The summed E-state index contributed by atoms with van der Waals surface area (Å²) in [5, 5.41) is 35.4. The topological polar surface area (TPSA) is 132 Å². The third kappa shape index (κ3) is 4.52. The Balaban J connectivity index is 1.57. The van der Waals surface area contributed by atoms with Crippen molar-refractivity contribution in [2.24, 2.45) is 16.7 Å². The molecule has 1 unspecified atom stereocenters. The zero-order valence-corrected chi connectivity index (χ0v) is 23.7. The lowest BCUT2D eigenvalue weighted by Gasteiger charge is -2.70. The summed E-state index contributed by atoms with van der Waals surface area (Å²) >= 11 is 0. The fraction of sp³-hybridized carbons (Fsp3) is 0.667. The minimum Gasteiger partial charge on any atom is -0.497 e. The van der Waals surface area contributed by atoms with E-state index in [2.05, 4.69) is 6.58 Å². The second-order valence-corrected chi connectivity index (χ2v) is 12.6. The van der Waals surface area contributed by atoms with Crippen LogP contribution in [0.25, 0.3) is 0 Å². The normalized spacial score (nSPS) is 41.2. The highest BCUT2D eigenvalue weighted by atomic mass is 16.6. The minimum absolute atomic E-state index is 0.172. The molecular weight excluding hydrogens is 504 g/mol. The fourth-order valence-corrected chi connectivity index (χ4v) is 7.51. The molecule has 0 spiro atoms. The van der Waals surface area contributed by atoms with Gasteiger partial charge in [-0.05, 0) is 55.7 Å². The van der Waals surface area contributed by atoms with E-state index < -0.39 is 63.6 Å². The maximum absolute atomic E-state index is 13.8. The third-order valence-electron chi connectivity index (χ3n) is 9.68. The van der Waals surface area contributed by atoms with Crippen LogP contribution in [0.2, 0.25) is 0 Å². The average molecular weight is 547 g/mol. The van der Waals surface area contributed by atoms with Gasteiger partial charge in [-0.2, -0.15) is 0 Å². The van der Waals surface area contributed by atoms with Crippen molar-refractivity contribution in [3.05, 3.63) is 42.5 Å². The van der Waals surface area contributed by atoms with Crippen molar-refractivity contribution in [2.45, 2.75) is 95.6 Å². The van der Waals surface area contributed by atoms with Gasteiger partial charge in [0.05, 0.1) is 31.5 Å². The molecule has 3 N–H and O–H groups in total. The molecule has 2 saturated carbocycles. The van der Waals surface area contributed by atoms with Gasteiger partial charge < -0.3 is 34.3 Å². The fourth-order valence-electron chi connectivity index (χ4n) is 7.51. The third-order valence-corrected chi connectivity index (χ3v) is 9.68. The van der Waals surface area contributed by atoms with E-state index in [1.807, 2.05) is 26.0 Å². The molecule has 1 aliphatic heterocycles. The van der Waals surface area contributed by atoms with Crippen LogP contribution in [-0.2, 0) is 30.4 Å². The van der Waals surface area contributed by atoms with Gasteiger partial charge in [0.1, 0.15) is 24.1 Å². The van der Waals surface area contributed by atoms with Gasteiger partial charge in [-0.15, -0.1) is 6.58 Å². The van der Waals surface area contributed by atoms with Crippen molar-refractivity contribution in [3.63, 3.8) is 0 Å². The molecule has 39 heavy (non-hydrogen) atoms. The standard InChI is InChI=1S/C30H42O9/c1-8-27(4)15-23(32)30(35)28(5)21(13-22(31)29(30,6)39-27)26(2,3)14-20(25(28)34)38-24(33)17-37-16-18-9-11-19(36-7)12-10-18/h8-12,20-22,25,31,34-35H,1,13-17H2,2-7H3/t20?,21-,22-,25-,27-,28+,29+,30-/m0/s1. The number of aliphatic hydroxyl groups excluding tert-OH is 2. The zero-order valence-electron chi connectivity index (χ0n) is 23.7. The largest absolute Gasteiger partial charge is 0.497 e. The summed E-state index contributed by atoms with van der Waals surface area (Å²) < 4.78 is 22.7. The highest BCUT2D eigenvalue weighted by Crippen LogP contribution is 2.66. The Labute approximate surface area is 230 Å². The van der Waals surface area contributed by atoms with Crippen LogP contribution in [0.15, 0.2) is 36.9 Å². The van der Waals surface area contributed by atoms with Crippen molar-refractivity contribution in [3.8, 4) is 5.75 Å². The maximum Gasteiger partial charge on any atom is 0.332 e. The van der Waals surface area contributed by atoms with Crippen LogP contribution in [0.1, 0.15) is 59.4 Å². The SMILES string of the molecule is C=C[C@@]1(C)CC(=O)[C@]2(O)[C@@]3(C)[C@@H](O)C(OC(=O)COCc4ccc(OC)cc4)CC(C)(C)[C@@H]3C[C@H](O)[C@@]2(C)O1. The molecule has 0 aromatic heterocycles. The van der Waals surface area contributed by atoms with Crippen LogP contribution >= 0.6 is 0 Å². The number of rotatable bonds is 7. The summed E-state index contributed by atoms with van der Waals surface area (Å²) in [6.07, 6.45) is -1.81. The Bertz CT molecular complexity index is 1120. The molecule has 3 fully saturated rings. The van der Waals surface area contributed by atoms with Gasteiger partial charge in [-0.1, -0.05) is 39.0 Å². The predicted octanol–water partition coefficient (Wildman–Crippen LogP) is 2.73. The van der Waals surface area contributed by atoms with Crippen molar-refractivity contribution < 1.29 is 43.9 Å². The second-order valence-electron chi connectivity index (χ2n) is 12.6. The van der Waals surface area contributed by atoms with Crippen LogP contribution in [0.3, 0.4) is 0 Å². The lowest BCUT2D eigenvalue weighted by Crippen LogP contribution is -2.84. The molecule has 0 amide bonds. The van der Waals surface area contributed by atoms with Gasteiger partial charge in [0, 0.05) is 11.8 Å². The molecule has 1 saturated heterocycles. The van der Waals surface area contributed by atoms with Crippen LogP contribution in [-0.4, -0.2) is 75.9 Å². The van der Waals surface area contributed by atoms with Gasteiger partial charge in [0.25, 0.3) is 0 Å². The molecule has 1 heterocycles. The Morgan fingerprint density at radius 3 is 2.38 bits per heavy atom. The zero-order chi connectivity index (χ0) is 29.0. The summed E-state index contributed by atoms with van der Waals surface area (Å²) in [7, 11) is 1.58. The van der Waals surface area contributed by atoms with E-state index in [0.717, 1.165) is 5.56 Å². The Hall–Kier alpha value is -2.30. The number of ketones is 1. The average Bonchev–Trinajstić information content (AvgIpc) is 2.87. The molecule has 0 bridgehead atoms. The number of esters is 1. The first-order valence-corrected chi connectivity index (χ1v) is 13.4. The van der Waals surface area contributed by atoms with Crippen molar-refractivity contribution in [1.29, 1.82) is 0 Å². The number of benzene rings is 1. The van der Waals surface area contributed by atoms with Crippen molar-refractivity contribution in [2.75, 3.05) is 13.7 Å². The summed E-state index contributed by atoms with van der Waals surface area (Å²) in [6.45, 7) is 12.3. The molecule has 0 radical (unpaired) electrons. The highest BCUT2D eigenvalue weighted by molar-refractivity contribution is 5.92. The second kappa shape index (κ2) is 9.96. The van der Waals surface area contributed by atoms with E-state index in [-0.39, 0.29) is 32.5 Å². The van der Waals surface area contributed by atoms with Crippen LogP contribution in [0.5, 0.6) is 5.75 Å². The lowest BCUT2D eigenvalue weighted by molar-refractivity contribution is -0.357. The lowest BCUT2D eigenvalue weighted by atomic mass is 9.40. The first-order valence-electron chi connectivity index (χ1n) is 13.4. The molecule has 4 rings (SSSR count). The number of aliphatic hydroxyl groups is 3. The van der Waals surface area contributed by atoms with Crippen LogP contribution in [0.4, 0.5) is 0 Å². The van der Waals surface area contributed by atoms with Crippen LogP contribution < -0.4 is 4.74 Å². The first kappa shape index (κ1) is 29.7. The van der Waals surface area contributed by atoms with E-state index in [0.29, 0.717) is 5.75 Å². The molecule has 1 aromatic rings. The number of carbonyl (C=O) groups excluding carboxylic acids is 2. The number of carbonyl (C=O) groups is 2. The smallest absolute Gasteiger partial charge is 0.332 e. The van der Waals surface area contributed by atoms with Crippen molar-refractivity contribution >= 4 is 11.8 Å². The first-order chi connectivity index (χ1) is 18.1. The molecule has 9 heteroatoms. The van der Waals surface area contributed by atoms with E-state index in [4.69, 9.17) is 18.9 Å². The summed E-state index contributed by atoms with van der Waals surface area (Å²) in [5.41, 5.74) is -6.32. The Morgan fingerprint density at radius 2 is 1.79 bits per heavy atom. The number of Topliss-reactive ketones (excluding diaryl/α,β-unsaturated/α-hetero) is 1. The van der Waals surface area contributed by atoms with Gasteiger partial charge in [-0.25, -0.2) is 4.79 Å². The van der Waals surface area contributed by atoms with Gasteiger partial charge in [-0.3, -0.25) is 4.79 Å². The number of ether oxygens (including phenoxy) is 4. The van der Waals surface area contributed by atoms with Crippen LogP contribution in [0, 0.1) is 16.7 Å². The molecule has 1 aromatic carbocycles. The van der Waals surface area contributed by atoms with E-state index in [1.54, 1.807) is 33.1 Å². The maximum atomic E-state index is 13.8. The molecular formula is C30H42O9. The predicted molar refractivity (Wildman–Crippen MR) is 142 cm³/mol. The molecule has 8 atom stereocenters. The van der Waals surface area contributed by atoms with Gasteiger partial charge >= 0.3 is 5.97 Å². The summed E-state index contributed by atoms with van der Waals surface area (Å²) in [6, 6.07) is 7.24. The number of methoxy groups -OCH3 is 1. The quantitative estimate of drug-likeness (QED) is 0.349. The van der Waals surface area contributed by atoms with E-state index in [1.165, 1.54) is 13.0 Å².